The predicted molar refractivity (Wildman–Crippen MR) is 146 cm³/mol. The molecular formula is C29H30O14. The van der Waals surface area contributed by atoms with Crippen molar-refractivity contribution in [3.05, 3.63) is 71.8 Å². The zero-order valence-corrected chi connectivity index (χ0v) is 22.5. The van der Waals surface area contributed by atoms with Gasteiger partial charge < -0.3 is 54.7 Å². The lowest BCUT2D eigenvalue weighted by Crippen LogP contribution is -2.61. The standard InChI is InChI=1S/C29H30O14/c1-15(10-11-30)28(39)40-14-22-25(37)26(38)27(42-23(35)8-4-16-2-6-18(31)20(33)12-16)29(41-22)43-24(36)9-5-17-3-7-19(32)21(34)13-17/h2-9,12-13,22,25-27,29-34,37-38H,1,10-11,14H2/t22-,25-,26+,27-,29+/m1/s1. The summed E-state index contributed by atoms with van der Waals surface area (Å²) in [5.41, 5.74) is 0.529. The molecule has 43 heavy (non-hydrogen) atoms. The summed E-state index contributed by atoms with van der Waals surface area (Å²) in [5.74, 6) is -4.69. The molecule has 2 aromatic carbocycles. The van der Waals surface area contributed by atoms with Gasteiger partial charge in [-0.2, -0.15) is 0 Å². The minimum atomic E-state index is -1.90. The molecule has 1 saturated heterocycles. The number of aliphatic hydroxyl groups is 3. The van der Waals surface area contributed by atoms with E-state index in [0.717, 1.165) is 24.3 Å². The highest BCUT2D eigenvalue weighted by atomic mass is 16.7. The summed E-state index contributed by atoms with van der Waals surface area (Å²) in [7, 11) is 0. The van der Waals surface area contributed by atoms with Crippen molar-refractivity contribution in [3.63, 3.8) is 0 Å². The average Bonchev–Trinajstić information content (AvgIpc) is 2.97. The summed E-state index contributed by atoms with van der Waals surface area (Å²) < 4.78 is 21.0. The van der Waals surface area contributed by atoms with Crippen molar-refractivity contribution in [2.45, 2.75) is 37.1 Å². The minimum Gasteiger partial charge on any atom is -0.504 e. The zero-order valence-electron chi connectivity index (χ0n) is 22.5. The molecule has 1 heterocycles. The third-order valence-electron chi connectivity index (χ3n) is 6.03. The molecule has 2 aromatic rings. The Morgan fingerprint density at radius 1 is 0.814 bits per heavy atom. The van der Waals surface area contributed by atoms with E-state index in [1.807, 2.05) is 0 Å². The Labute approximate surface area is 244 Å². The SMILES string of the molecule is C=C(CCO)C(=O)OC[C@H]1O[C@@H](OC(=O)C=Cc2ccc(O)c(O)c2)[C@H](OC(=O)C=Cc2ccc(O)c(O)c2)[C@@H](O)[C@@H]1O. The number of benzene rings is 2. The first-order chi connectivity index (χ1) is 20.4. The van der Waals surface area contributed by atoms with Gasteiger partial charge in [-0.15, -0.1) is 0 Å². The summed E-state index contributed by atoms with van der Waals surface area (Å²) >= 11 is 0. The molecule has 0 unspecified atom stereocenters. The first kappa shape index (κ1) is 32.6. The van der Waals surface area contributed by atoms with Gasteiger partial charge in [-0.25, -0.2) is 14.4 Å². The van der Waals surface area contributed by atoms with Crippen molar-refractivity contribution in [2.24, 2.45) is 0 Å². The molecule has 0 aliphatic carbocycles. The monoisotopic (exact) mass is 602 g/mol. The third-order valence-corrected chi connectivity index (χ3v) is 6.03. The Balaban J connectivity index is 1.77. The van der Waals surface area contributed by atoms with Gasteiger partial charge in [0.2, 0.25) is 6.29 Å². The highest BCUT2D eigenvalue weighted by molar-refractivity contribution is 5.88. The van der Waals surface area contributed by atoms with Crippen LogP contribution in [0.25, 0.3) is 12.2 Å². The first-order valence-corrected chi connectivity index (χ1v) is 12.7. The van der Waals surface area contributed by atoms with Crippen LogP contribution in [0.4, 0.5) is 0 Å². The molecule has 3 rings (SSSR count). The quantitative estimate of drug-likeness (QED) is 0.0809. The number of ether oxygens (including phenoxy) is 4. The fraction of sp³-hybridized carbons (Fsp3) is 0.276. The van der Waals surface area contributed by atoms with E-state index in [9.17, 15) is 45.0 Å². The van der Waals surface area contributed by atoms with Crippen LogP contribution in [-0.2, 0) is 33.3 Å². The molecule has 7 N–H and O–H groups in total. The fourth-order valence-corrected chi connectivity index (χ4v) is 3.70. The number of hydrogen-bond donors (Lipinski definition) is 7. The summed E-state index contributed by atoms with van der Waals surface area (Å²) in [6.07, 6.45) is -4.56. The van der Waals surface area contributed by atoms with Crippen molar-refractivity contribution in [2.75, 3.05) is 13.2 Å². The minimum absolute atomic E-state index is 0.0673. The predicted octanol–water partition coefficient (Wildman–Crippen LogP) is 0.619. The molecule has 0 aromatic heterocycles. The lowest BCUT2D eigenvalue weighted by molar-refractivity contribution is -0.294. The number of aromatic hydroxyl groups is 4. The lowest BCUT2D eigenvalue weighted by Gasteiger charge is -2.40. The van der Waals surface area contributed by atoms with Crippen LogP contribution in [-0.4, -0.2) is 97.6 Å². The number of phenols is 4. The summed E-state index contributed by atoms with van der Waals surface area (Å²) in [6, 6.07) is 7.46. The molecule has 5 atom stereocenters. The van der Waals surface area contributed by atoms with Gasteiger partial charge in [0.25, 0.3) is 0 Å². The van der Waals surface area contributed by atoms with E-state index in [-0.39, 0.29) is 30.1 Å². The number of esters is 3. The molecule has 0 amide bonds. The van der Waals surface area contributed by atoms with Crippen LogP contribution in [0.5, 0.6) is 23.0 Å². The number of hydrogen-bond acceptors (Lipinski definition) is 14. The molecular weight excluding hydrogens is 572 g/mol. The molecule has 1 aliphatic heterocycles. The number of carbonyl (C=O) groups is 3. The maximum atomic E-state index is 12.6. The van der Waals surface area contributed by atoms with E-state index in [4.69, 9.17) is 24.1 Å². The van der Waals surface area contributed by atoms with Crippen LogP contribution < -0.4 is 0 Å². The Bertz CT molecular complexity index is 1400. The van der Waals surface area contributed by atoms with Gasteiger partial charge in [-0.3, -0.25) is 0 Å². The van der Waals surface area contributed by atoms with Crippen LogP contribution in [0, 0.1) is 0 Å². The van der Waals surface area contributed by atoms with Gasteiger partial charge in [-0.05, 0) is 47.5 Å². The third kappa shape index (κ3) is 9.05. The van der Waals surface area contributed by atoms with Crippen LogP contribution in [0.15, 0.2) is 60.7 Å². The van der Waals surface area contributed by atoms with E-state index >= 15 is 0 Å². The summed E-state index contributed by atoms with van der Waals surface area (Å²) in [4.78, 5) is 37.2. The number of carbonyl (C=O) groups excluding carboxylic acids is 3. The molecule has 0 spiro atoms. The van der Waals surface area contributed by atoms with Crippen LogP contribution in [0.2, 0.25) is 0 Å². The number of rotatable bonds is 11. The molecule has 0 bridgehead atoms. The van der Waals surface area contributed by atoms with E-state index < -0.39 is 66.7 Å². The van der Waals surface area contributed by atoms with E-state index in [1.54, 1.807) is 0 Å². The molecule has 1 fully saturated rings. The summed E-state index contributed by atoms with van der Waals surface area (Å²) in [5, 5.41) is 68.4. The van der Waals surface area contributed by atoms with Crippen molar-refractivity contribution in [1.29, 1.82) is 0 Å². The highest BCUT2D eigenvalue weighted by Crippen LogP contribution is 2.28. The molecule has 0 saturated carbocycles. The largest absolute Gasteiger partial charge is 0.504 e. The van der Waals surface area contributed by atoms with Crippen molar-refractivity contribution in [3.8, 4) is 23.0 Å². The zero-order chi connectivity index (χ0) is 31.7. The number of aliphatic hydroxyl groups excluding tert-OH is 3. The Morgan fingerprint density at radius 3 is 1.86 bits per heavy atom. The average molecular weight is 603 g/mol. The maximum absolute atomic E-state index is 12.6. The van der Waals surface area contributed by atoms with Gasteiger partial charge in [0.15, 0.2) is 29.1 Å². The maximum Gasteiger partial charge on any atom is 0.333 e. The fourth-order valence-electron chi connectivity index (χ4n) is 3.70. The van der Waals surface area contributed by atoms with Gasteiger partial charge in [0.1, 0.15) is 24.9 Å². The van der Waals surface area contributed by atoms with Crippen molar-refractivity contribution >= 4 is 30.1 Å². The Hall–Kier alpha value is -4.89. The smallest absolute Gasteiger partial charge is 0.333 e. The van der Waals surface area contributed by atoms with Crippen molar-refractivity contribution < 1.29 is 69.1 Å². The van der Waals surface area contributed by atoms with Gasteiger partial charge in [-0.1, -0.05) is 18.7 Å². The Kier molecular flexibility index (Phi) is 11.3. The van der Waals surface area contributed by atoms with E-state index in [0.29, 0.717) is 11.1 Å². The summed E-state index contributed by atoms with van der Waals surface area (Å²) in [6.45, 7) is 2.46. The second-order valence-electron chi connectivity index (χ2n) is 9.20. The molecule has 14 heteroatoms. The number of phenolic OH excluding ortho intramolecular Hbond substituents is 4. The normalized spacial score (nSPS) is 21.9. The van der Waals surface area contributed by atoms with E-state index in [1.165, 1.54) is 36.4 Å². The highest BCUT2D eigenvalue weighted by Gasteiger charge is 2.49. The van der Waals surface area contributed by atoms with Crippen LogP contribution >= 0.6 is 0 Å². The topological polar surface area (TPSA) is 230 Å². The van der Waals surface area contributed by atoms with Crippen LogP contribution in [0.1, 0.15) is 17.5 Å². The lowest BCUT2D eigenvalue weighted by atomic mass is 9.99. The van der Waals surface area contributed by atoms with Gasteiger partial charge >= 0.3 is 17.9 Å². The van der Waals surface area contributed by atoms with Crippen LogP contribution in [0.3, 0.4) is 0 Å². The van der Waals surface area contributed by atoms with E-state index in [2.05, 4.69) is 6.58 Å². The van der Waals surface area contributed by atoms with Gasteiger partial charge in [0.05, 0.1) is 0 Å². The van der Waals surface area contributed by atoms with Gasteiger partial charge in [0, 0.05) is 30.8 Å². The second kappa shape index (κ2) is 14.8. The molecule has 230 valence electrons. The second-order valence-corrected chi connectivity index (χ2v) is 9.20. The Morgan fingerprint density at radius 2 is 1.35 bits per heavy atom. The molecule has 0 radical (unpaired) electrons. The molecule has 14 nitrogen and oxygen atoms in total. The van der Waals surface area contributed by atoms with Crippen molar-refractivity contribution in [1.82, 2.24) is 0 Å². The molecule has 1 aliphatic rings. The first-order valence-electron chi connectivity index (χ1n) is 12.7.